The summed E-state index contributed by atoms with van der Waals surface area (Å²) in [6.07, 6.45) is 5.06. The van der Waals surface area contributed by atoms with Crippen LogP contribution in [0.5, 0.6) is 0 Å². The van der Waals surface area contributed by atoms with Crippen molar-refractivity contribution in [3.8, 4) is 0 Å². The molecule has 0 saturated carbocycles. The van der Waals surface area contributed by atoms with Crippen molar-refractivity contribution in [1.82, 2.24) is 0 Å². The van der Waals surface area contributed by atoms with Gasteiger partial charge in [0.25, 0.3) is 0 Å². The number of hydrogen-bond acceptors (Lipinski definition) is 2. The lowest BCUT2D eigenvalue weighted by Gasteiger charge is -2.26. The van der Waals surface area contributed by atoms with Crippen molar-refractivity contribution in [1.29, 1.82) is 0 Å². The number of hydrogen-bond donors (Lipinski definition) is 1. The summed E-state index contributed by atoms with van der Waals surface area (Å²) in [5.41, 5.74) is 2.18. The molecule has 0 aliphatic carbocycles. The smallest absolute Gasteiger partial charge is 0.130 e. The average molecular weight is 294 g/mol. The van der Waals surface area contributed by atoms with Crippen molar-refractivity contribution in [2.24, 2.45) is 10.8 Å². The maximum atomic E-state index is 11.2. The van der Waals surface area contributed by atoms with Crippen LogP contribution in [0.15, 0.2) is 23.0 Å². The number of aliphatic hydroxyl groups is 1. The summed E-state index contributed by atoms with van der Waals surface area (Å²) in [7, 11) is 0. The number of allylic oxidation sites excluding steroid dienone is 4. The first-order valence-corrected chi connectivity index (χ1v) is 7.98. The molecule has 0 aromatic heterocycles. The standard InChI is InChI=1S/C19H34O2/c1-9-15(11-10-14(2)20)12-16(19(6,7)8)17(21)13-18(3,4)5/h12,21H,9-11,13H2,1-8H3/b15-12+,17-16-. The number of carbonyl (C=O) groups is 1. The number of rotatable bonds is 6. The van der Waals surface area contributed by atoms with Crippen LogP contribution in [0.3, 0.4) is 0 Å². The van der Waals surface area contributed by atoms with Crippen molar-refractivity contribution < 1.29 is 9.90 Å². The van der Waals surface area contributed by atoms with Gasteiger partial charge in [-0.1, -0.05) is 60.1 Å². The molecule has 1 N–H and O–H groups in total. The Morgan fingerprint density at radius 2 is 1.57 bits per heavy atom. The van der Waals surface area contributed by atoms with Crippen molar-refractivity contribution >= 4 is 5.78 Å². The van der Waals surface area contributed by atoms with Gasteiger partial charge in [0.2, 0.25) is 0 Å². The summed E-state index contributed by atoms with van der Waals surface area (Å²) in [6.45, 7) is 16.5. The minimum atomic E-state index is -0.105. The minimum absolute atomic E-state index is 0.0557. The van der Waals surface area contributed by atoms with Gasteiger partial charge in [-0.2, -0.15) is 0 Å². The summed E-state index contributed by atoms with van der Waals surface area (Å²) in [5.74, 6) is 0.693. The maximum absolute atomic E-state index is 11.2. The van der Waals surface area contributed by atoms with E-state index in [1.54, 1.807) is 6.92 Å². The zero-order valence-electron chi connectivity index (χ0n) is 15.3. The highest BCUT2D eigenvalue weighted by atomic mass is 16.3. The van der Waals surface area contributed by atoms with Crippen molar-refractivity contribution in [2.45, 2.75) is 81.1 Å². The summed E-state index contributed by atoms with van der Waals surface area (Å²) in [4.78, 5) is 11.2. The highest BCUT2D eigenvalue weighted by Crippen LogP contribution is 2.34. The van der Waals surface area contributed by atoms with E-state index in [2.05, 4.69) is 54.5 Å². The van der Waals surface area contributed by atoms with Crippen LogP contribution in [0.4, 0.5) is 0 Å². The minimum Gasteiger partial charge on any atom is -0.512 e. The molecule has 0 heterocycles. The average Bonchev–Trinajstić information content (AvgIpc) is 2.24. The zero-order valence-corrected chi connectivity index (χ0v) is 15.3. The van der Waals surface area contributed by atoms with E-state index in [4.69, 9.17) is 0 Å². The molecule has 21 heavy (non-hydrogen) atoms. The van der Waals surface area contributed by atoms with Crippen LogP contribution in [-0.2, 0) is 4.79 Å². The largest absolute Gasteiger partial charge is 0.512 e. The first-order valence-electron chi connectivity index (χ1n) is 7.98. The molecule has 0 amide bonds. The SMILES string of the molecule is CC/C(=C\C(=C(\O)CC(C)(C)C)C(C)(C)C)CCC(C)=O. The Labute approximate surface area is 131 Å². The second-order valence-electron chi connectivity index (χ2n) is 8.21. The number of carbonyl (C=O) groups excluding carboxylic acids is 1. The summed E-state index contributed by atoms with van der Waals surface area (Å²) in [5, 5.41) is 10.6. The van der Waals surface area contributed by atoms with Gasteiger partial charge in [0.05, 0.1) is 5.76 Å². The van der Waals surface area contributed by atoms with E-state index >= 15 is 0 Å². The van der Waals surface area contributed by atoms with Gasteiger partial charge in [-0.15, -0.1) is 0 Å². The molecule has 0 fully saturated rings. The van der Waals surface area contributed by atoms with Gasteiger partial charge < -0.3 is 9.90 Å². The van der Waals surface area contributed by atoms with E-state index in [1.165, 1.54) is 5.57 Å². The molecule has 0 atom stereocenters. The molecule has 0 aliphatic rings. The van der Waals surface area contributed by atoms with Gasteiger partial charge in [0.15, 0.2) is 0 Å². The molecule has 0 rings (SSSR count). The van der Waals surface area contributed by atoms with Gasteiger partial charge in [0, 0.05) is 12.8 Å². The fourth-order valence-corrected chi connectivity index (χ4v) is 2.22. The third-order valence-corrected chi connectivity index (χ3v) is 3.42. The lowest BCUT2D eigenvalue weighted by atomic mass is 9.80. The number of aliphatic hydroxyl groups excluding tert-OH is 1. The quantitative estimate of drug-likeness (QED) is 0.483. The third kappa shape index (κ3) is 8.75. The molecular weight excluding hydrogens is 260 g/mol. The van der Waals surface area contributed by atoms with Crippen LogP contribution >= 0.6 is 0 Å². The van der Waals surface area contributed by atoms with Crippen molar-refractivity contribution in [3.05, 3.63) is 23.0 Å². The summed E-state index contributed by atoms with van der Waals surface area (Å²) >= 11 is 0. The van der Waals surface area contributed by atoms with Crippen molar-refractivity contribution in [2.75, 3.05) is 0 Å². The van der Waals surface area contributed by atoms with E-state index in [-0.39, 0.29) is 16.6 Å². The number of Topliss-reactive ketones (excluding diaryl/α,β-unsaturated/α-hetero) is 1. The fourth-order valence-electron chi connectivity index (χ4n) is 2.22. The Hall–Kier alpha value is -1.05. The van der Waals surface area contributed by atoms with E-state index in [1.807, 2.05) is 0 Å². The highest BCUT2D eigenvalue weighted by molar-refractivity contribution is 5.75. The third-order valence-electron chi connectivity index (χ3n) is 3.42. The van der Waals surface area contributed by atoms with Gasteiger partial charge >= 0.3 is 0 Å². The molecule has 0 bridgehead atoms. The van der Waals surface area contributed by atoms with E-state index in [9.17, 15) is 9.90 Å². The van der Waals surface area contributed by atoms with Gasteiger partial charge in [-0.25, -0.2) is 0 Å². The Balaban J connectivity index is 5.52. The van der Waals surface area contributed by atoms with Gasteiger partial charge in [0.1, 0.15) is 5.78 Å². The highest BCUT2D eigenvalue weighted by Gasteiger charge is 2.23. The molecule has 0 aromatic carbocycles. The molecule has 122 valence electrons. The molecule has 0 spiro atoms. The second-order valence-corrected chi connectivity index (χ2v) is 8.21. The van der Waals surface area contributed by atoms with E-state index in [0.717, 1.165) is 18.4 Å². The Kier molecular flexibility index (Phi) is 7.43. The Morgan fingerprint density at radius 3 is 1.90 bits per heavy atom. The monoisotopic (exact) mass is 294 g/mol. The second kappa shape index (κ2) is 7.82. The summed E-state index contributed by atoms with van der Waals surface area (Å²) in [6, 6.07) is 0. The van der Waals surface area contributed by atoms with Gasteiger partial charge in [-0.3, -0.25) is 0 Å². The van der Waals surface area contributed by atoms with Gasteiger partial charge in [-0.05, 0) is 36.2 Å². The summed E-state index contributed by atoms with van der Waals surface area (Å²) < 4.78 is 0. The molecule has 0 unspecified atom stereocenters. The first kappa shape index (κ1) is 19.9. The molecule has 0 aromatic rings. The molecule has 0 aliphatic heterocycles. The van der Waals surface area contributed by atoms with Crippen LogP contribution < -0.4 is 0 Å². The zero-order chi connectivity index (χ0) is 16.8. The van der Waals surface area contributed by atoms with E-state index in [0.29, 0.717) is 18.6 Å². The number of ketones is 1. The molecule has 2 heteroatoms. The lowest BCUT2D eigenvalue weighted by Crippen LogP contribution is -2.15. The molecule has 0 radical (unpaired) electrons. The fraction of sp³-hybridized carbons (Fsp3) is 0.737. The normalized spacial score (nSPS) is 15.0. The van der Waals surface area contributed by atoms with Crippen LogP contribution in [0.2, 0.25) is 0 Å². The topological polar surface area (TPSA) is 37.3 Å². The molecule has 2 nitrogen and oxygen atoms in total. The molecular formula is C19H34O2. The predicted octanol–water partition coefficient (Wildman–Crippen LogP) is 5.99. The van der Waals surface area contributed by atoms with Crippen molar-refractivity contribution in [3.63, 3.8) is 0 Å². The predicted molar refractivity (Wildman–Crippen MR) is 91.5 cm³/mol. The van der Waals surface area contributed by atoms with Crippen LogP contribution in [0.25, 0.3) is 0 Å². The molecule has 0 saturated heterocycles. The van der Waals surface area contributed by atoms with Crippen LogP contribution in [-0.4, -0.2) is 10.9 Å². The maximum Gasteiger partial charge on any atom is 0.130 e. The van der Waals surface area contributed by atoms with Crippen LogP contribution in [0.1, 0.15) is 81.1 Å². The van der Waals surface area contributed by atoms with Crippen LogP contribution in [0, 0.1) is 10.8 Å². The first-order chi connectivity index (χ1) is 9.36. The van der Waals surface area contributed by atoms with E-state index < -0.39 is 0 Å². The Morgan fingerprint density at radius 1 is 1.05 bits per heavy atom. The lowest BCUT2D eigenvalue weighted by molar-refractivity contribution is -0.116. The Bertz CT molecular complexity index is 412.